The molecule has 12 heteroatoms. The van der Waals surface area contributed by atoms with Crippen LogP contribution in [-0.2, 0) is 10.0 Å². The lowest BCUT2D eigenvalue weighted by Crippen LogP contribution is -2.35. The molecule has 0 radical (unpaired) electrons. The number of benzene rings is 2. The van der Waals surface area contributed by atoms with Crippen molar-refractivity contribution in [1.29, 1.82) is 0 Å². The van der Waals surface area contributed by atoms with Crippen LogP contribution < -0.4 is 10.2 Å². The standard InChI is InChI=1S/C20H22N4O7S/c1-31-18-11-14(10-17(19(18)25)24(27)28)13-21-22-20(26)15-6-5-7-16(12-15)32(29,30)23-8-3-2-4-9-23/h5-7,10-13,25H,2-4,8-9H2,1H3,(H,22,26)/b21-13+. The summed E-state index contributed by atoms with van der Waals surface area (Å²) >= 11 is 0. The number of hydrazone groups is 1. The van der Waals surface area contributed by atoms with E-state index in [-0.39, 0.29) is 21.8 Å². The van der Waals surface area contributed by atoms with E-state index < -0.39 is 32.3 Å². The molecule has 0 spiro atoms. The predicted molar refractivity (Wildman–Crippen MR) is 115 cm³/mol. The average molecular weight is 462 g/mol. The first-order chi connectivity index (χ1) is 15.2. The number of carbonyl (C=O) groups excluding carboxylic acids is 1. The molecule has 1 amide bonds. The first-order valence-corrected chi connectivity index (χ1v) is 11.2. The zero-order valence-electron chi connectivity index (χ0n) is 17.2. The van der Waals surface area contributed by atoms with Crippen molar-refractivity contribution >= 4 is 27.8 Å². The summed E-state index contributed by atoms with van der Waals surface area (Å²) in [5, 5.41) is 24.6. The molecule has 2 aromatic rings. The van der Waals surface area contributed by atoms with Crippen LogP contribution in [-0.4, -0.2) is 55.1 Å². The summed E-state index contributed by atoms with van der Waals surface area (Å²) in [6.07, 6.45) is 3.73. The van der Waals surface area contributed by atoms with E-state index in [2.05, 4.69) is 10.5 Å². The minimum atomic E-state index is -3.69. The van der Waals surface area contributed by atoms with Crippen molar-refractivity contribution in [2.24, 2.45) is 5.10 Å². The van der Waals surface area contributed by atoms with E-state index >= 15 is 0 Å². The van der Waals surface area contributed by atoms with Crippen molar-refractivity contribution in [2.75, 3.05) is 20.2 Å². The third-order valence-corrected chi connectivity index (χ3v) is 6.82. The van der Waals surface area contributed by atoms with Crippen LogP contribution in [0.4, 0.5) is 5.69 Å². The smallest absolute Gasteiger partial charge is 0.315 e. The van der Waals surface area contributed by atoms with Crippen molar-refractivity contribution in [3.63, 3.8) is 0 Å². The molecule has 0 unspecified atom stereocenters. The lowest BCUT2D eigenvalue weighted by Gasteiger charge is -2.25. The number of hydrogen-bond acceptors (Lipinski definition) is 8. The molecule has 170 valence electrons. The number of nitrogens with zero attached hydrogens (tertiary/aromatic N) is 3. The maximum absolute atomic E-state index is 12.8. The number of phenolic OH excluding ortho intramolecular Hbond substituents is 1. The number of nitrogens with one attached hydrogen (secondary N) is 1. The number of methoxy groups -OCH3 is 1. The molecule has 1 aliphatic heterocycles. The van der Waals surface area contributed by atoms with Gasteiger partial charge in [0.05, 0.1) is 23.1 Å². The predicted octanol–water partition coefficient (Wildman–Crippen LogP) is 2.25. The summed E-state index contributed by atoms with van der Waals surface area (Å²) in [6, 6.07) is 8.02. The van der Waals surface area contributed by atoms with Crippen molar-refractivity contribution in [3.05, 3.63) is 57.6 Å². The number of rotatable bonds is 7. The molecule has 2 N–H and O–H groups in total. The van der Waals surface area contributed by atoms with Crippen molar-refractivity contribution in [3.8, 4) is 11.5 Å². The Labute approximate surface area is 184 Å². The van der Waals surface area contributed by atoms with Gasteiger partial charge in [0.25, 0.3) is 5.91 Å². The van der Waals surface area contributed by atoms with Crippen molar-refractivity contribution in [2.45, 2.75) is 24.2 Å². The Morgan fingerprint density at radius 1 is 1.25 bits per heavy atom. The Hall–Kier alpha value is -3.51. The first kappa shape index (κ1) is 23.2. The van der Waals surface area contributed by atoms with Gasteiger partial charge in [-0.3, -0.25) is 14.9 Å². The van der Waals surface area contributed by atoms with Gasteiger partial charge in [-0.25, -0.2) is 13.8 Å². The van der Waals surface area contributed by atoms with Crippen LogP contribution in [0.1, 0.15) is 35.2 Å². The number of piperidine rings is 1. The van der Waals surface area contributed by atoms with Crippen molar-refractivity contribution in [1.82, 2.24) is 9.73 Å². The van der Waals surface area contributed by atoms with E-state index in [1.54, 1.807) is 0 Å². The van der Waals surface area contributed by atoms with E-state index in [9.17, 15) is 28.4 Å². The molecule has 1 heterocycles. The fraction of sp³-hybridized carbons (Fsp3) is 0.300. The lowest BCUT2D eigenvalue weighted by molar-refractivity contribution is -0.386. The molecule has 0 bridgehead atoms. The second-order valence-corrected chi connectivity index (χ2v) is 8.98. The molecule has 1 saturated heterocycles. The summed E-state index contributed by atoms with van der Waals surface area (Å²) in [5.74, 6) is -1.40. The van der Waals surface area contributed by atoms with Gasteiger partial charge in [0.1, 0.15) is 0 Å². The fourth-order valence-corrected chi connectivity index (χ4v) is 4.83. The fourth-order valence-electron chi connectivity index (χ4n) is 3.27. The molecule has 1 fully saturated rings. The molecular weight excluding hydrogens is 440 g/mol. The number of amides is 1. The van der Waals surface area contributed by atoms with Gasteiger partial charge in [0, 0.05) is 30.3 Å². The molecule has 1 aliphatic rings. The number of hydrogen-bond donors (Lipinski definition) is 2. The van der Waals surface area contributed by atoms with Gasteiger partial charge in [-0.05, 0) is 37.1 Å². The molecular formula is C20H22N4O7S. The van der Waals surface area contributed by atoms with E-state index in [1.165, 1.54) is 41.7 Å². The van der Waals surface area contributed by atoms with Crippen LogP contribution in [0.25, 0.3) is 0 Å². The largest absolute Gasteiger partial charge is 0.500 e. The number of ether oxygens (including phenoxy) is 1. The normalized spacial score (nSPS) is 14.9. The summed E-state index contributed by atoms with van der Waals surface area (Å²) in [4.78, 5) is 22.7. The highest BCUT2D eigenvalue weighted by molar-refractivity contribution is 7.89. The Kier molecular flexibility index (Phi) is 7.05. The zero-order chi connectivity index (χ0) is 23.3. The SMILES string of the molecule is COc1cc(/C=N/NC(=O)c2cccc(S(=O)(=O)N3CCCCC3)c2)cc([N+](=O)[O-])c1O. The van der Waals surface area contributed by atoms with Gasteiger partial charge in [0.2, 0.25) is 15.8 Å². The number of nitro groups is 1. The van der Waals surface area contributed by atoms with Crippen LogP contribution in [0.3, 0.4) is 0 Å². The van der Waals surface area contributed by atoms with E-state index in [4.69, 9.17) is 4.74 Å². The first-order valence-electron chi connectivity index (χ1n) is 9.73. The van der Waals surface area contributed by atoms with Gasteiger partial charge in [0.15, 0.2) is 5.75 Å². The number of nitro benzene ring substituents is 1. The Bertz CT molecular complexity index is 1160. The molecule has 11 nitrogen and oxygen atoms in total. The molecule has 0 atom stereocenters. The minimum Gasteiger partial charge on any atom is -0.500 e. The second kappa shape index (κ2) is 9.75. The highest BCUT2D eigenvalue weighted by Gasteiger charge is 2.26. The maximum atomic E-state index is 12.8. The molecule has 32 heavy (non-hydrogen) atoms. The van der Waals surface area contributed by atoms with Gasteiger partial charge in [-0.1, -0.05) is 12.5 Å². The van der Waals surface area contributed by atoms with E-state index in [0.29, 0.717) is 13.1 Å². The summed E-state index contributed by atoms with van der Waals surface area (Å²) < 4.78 is 31.9. The van der Waals surface area contributed by atoms with Crippen LogP contribution in [0.5, 0.6) is 11.5 Å². The molecule has 0 aliphatic carbocycles. The third kappa shape index (κ3) is 5.03. The average Bonchev–Trinajstić information content (AvgIpc) is 2.80. The van der Waals surface area contributed by atoms with Gasteiger partial charge >= 0.3 is 5.69 Å². The van der Waals surface area contributed by atoms with Gasteiger partial charge in [-0.15, -0.1) is 0 Å². The topological polar surface area (TPSA) is 151 Å². The molecule has 2 aromatic carbocycles. The second-order valence-electron chi connectivity index (χ2n) is 7.04. The highest BCUT2D eigenvalue weighted by Crippen LogP contribution is 2.36. The molecule has 0 aromatic heterocycles. The van der Waals surface area contributed by atoms with Crippen molar-refractivity contribution < 1.29 is 28.0 Å². The number of sulfonamides is 1. The van der Waals surface area contributed by atoms with Crippen LogP contribution >= 0.6 is 0 Å². The number of aromatic hydroxyl groups is 1. The maximum Gasteiger partial charge on any atom is 0.315 e. The zero-order valence-corrected chi connectivity index (χ0v) is 18.0. The summed E-state index contributed by atoms with van der Waals surface area (Å²) in [6.45, 7) is 0.899. The lowest BCUT2D eigenvalue weighted by atomic mass is 10.2. The Morgan fingerprint density at radius 3 is 2.62 bits per heavy atom. The van der Waals surface area contributed by atoms with Crippen LogP contribution in [0, 0.1) is 10.1 Å². The third-order valence-electron chi connectivity index (χ3n) is 4.92. The molecule has 3 rings (SSSR count). The number of carbonyl (C=O) groups is 1. The quantitative estimate of drug-likeness (QED) is 0.364. The number of phenols is 1. The Morgan fingerprint density at radius 2 is 1.97 bits per heavy atom. The summed E-state index contributed by atoms with van der Waals surface area (Å²) in [7, 11) is -2.45. The van der Waals surface area contributed by atoms with E-state index in [1.807, 2.05) is 0 Å². The Balaban J connectivity index is 1.76. The summed E-state index contributed by atoms with van der Waals surface area (Å²) in [5.41, 5.74) is 1.97. The van der Waals surface area contributed by atoms with Crippen LogP contribution in [0.2, 0.25) is 0 Å². The van der Waals surface area contributed by atoms with Crippen LogP contribution in [0.15, 0.2) is 46.4 Å². The monoisotopic (exact) mass is 462 g/mol. The van der Waals surface area contributed by atoms with E-state index in [0.717, 1.165) is 31.5 Å². The van der Waals surface area contributed by atoms with Gasteiger partial charge < -0.3 is 9.84 Å². The van der Waals surface area contributed by atoms with Gasteiger partial charge in [-0.2, -0.15) is 9.41 Å². The highest BCUT2D eigenvalue weighted by atomic mass is 32.2. The molecule has 0 saturated carbocycles. The minimum absolute atomic E-state index is 0.0231.